The molecule has 0 aliphatic heterocycles. The number of carbonyl (C=O) groups is 1. The van der Waals surface area contributed by atoms with Gasteiger partial charge in [0.15, 0.2) is 5.82 Å². The van der Waals surface area contributed by atoms with E-state index in [1.807, 2.05) is 0 Å². The number of pyridine rings is 1. The number of carbonyl (C=O) groups excluding carboxylic acids is 1. The van der Waals surface area contributed by atoms with Gasteiger partial charge in [-0.3, -0.25) is 9.59 Å². The summed E-state index contributed by atoms with van der Waals surface area (Å²) in [4.78, 5) is 31.4. The summed E-state index contributed by atoms with van der Waals surface area (Å²) in [7, 11) is 0. The summed E-state index contributed by atoms with van der Waals surface area (Å²) in [6, 6.07) is 1.69. The number of H-pyrrole nitrogens is 1. The van der Waals surface area contributed by atoms with Crippen molar-refractivity contribution in [2.45, 2.75) is 45.6 Å². The molecular weight excluding hydrogens is 284 g/mol. The summed E-state index contributed by atoms with van der Waals surface area (Å²) >= 11 is 0. The SMILES string of the molecule is Cc1noc(C(C)(C)NC(=O)c2cc3c([nH]c2=O)CCC3)n1. The summed E-state index contributed by atoms with van der Waals surface area (Å²) in [6.07, 6.45) is 2.75. The molecule has 0 saturated heterocycles. The third-order valence-corrected chi connectivity index (χ3v) is 3.82. The van der Waals surface area contributed by atoms with E-state index < -0.39 is 11.4 Å². The van der Waals surface area contributed by atoms with Gasteiger partial charge in [-0.2, -0.15) is 4.98 Å². The first kappa shape index (κ1) is 14.5. The number of aromatic amines is 1. The number of fused-ring (bicyclic) bond motifs is 1. The van der Waals surface area contributed by atoms with E-state index in [9.17, 15) is 9.59 Å². The Bertz CT molecular complexity index is 788. The summed E-state index contributed by atoms with van der Waals surface area (Å²) in [5.74, 6) is 0.348. The molecule has 2 heterocycles. The van der Waals surface area contributed by atoms with Gasteiger partial charge in [0.1, 0.15) is 11.1 Å². The van der Waals surface area contributed by atoms with E-state index in [1.165, 1.54) is 0 Å². The zero-order chi connectivity index (χ0) is 15.9. The van der Waals surface area contributed by atoms with E-state index >= 15 is 0 Å². The molecule has 0 atom stereocenters. The molecule has 0 spiro atoms. The lowest BCUT2D eigenvalue weighted by Gasteiger charge is -2.21. The Morgan fingerprint density at radius 1 is 1.41 bits per heavy atom. The average Bonchev–Trinajstić information content (AvgIpc) is 3.05. The summed E-state index contributed by atoms with van der Waals surface area (Å²) < 4.78 is 5.11. The van der Waals surface area contributed by atoms with Crippen LogP contribution in [0.5, 0.6) is 0 Å². The van der Waals surface area contributed by atoms with Crippen LogP contribution >= 0.6 is 0 Å². The van der Waals surface area contributed by atoms with E-state index in [0.29, 0.717) is 11.7 Å². The second-order valence-electron chi connectivity index (χ2n) is 6.10. The molecule has 0 radical (unpaired) electrons. The van der Waals surface area contributed by atoms with Gasteiger partial charge in [-0.15, -0.1) is 0 Å². The largest absolute Gasteiger partial charge is 0.338 e. The Balaban J connectivity index is 1.87. The van der Waals surface area contributed by atoms with Crippen molar-refractivity contribution in [3.05, 3.63) is 45.0 Å². The molecule has 1 amide bonds. The van der Waals surface area contributed by atoms with E-state index in [-0.39, 0.29) is 11.1 Å². The predicted molar refractivity (Wildman–Crippen MR) is 78.6 cm³/mol. The molecule has 0 unspecified atom stereocenters. The predicted octanol–water partition coefficient (Wildman–Crippen LogP) is 1.22. The highest BCUT2D eigenvalue weighted by atomic mass is 16.5. The Kier molecular flexibility index (Phi) is 3.35. The van der Waals surface area contributed by atoms with E-state index in [2.05, 4.69) is 20.4 Å². The van der Waals surface area contributed by atoms with Gasteiger partial charge in [-0.1, -0.05) is 5.16 Å². The van der Waals surface area contributed by atoms with Crippen molar-refractivity contribution in [3.63, 3.8) is 0 Å². The molecule has 2 aromatic heterocycles. The maximum Gasteiger partial charge on any atom is 0.261 e. The standard InChI is InChI=1S/C15H18N4O3/c1-8-16-14(22-19-8)15(2,3)18-13(21)10-7-9-5-4-6-11(9)17-12(10)20/h7H,4-6H2,1-3H3,(H,17,20)(H,18,21). The van der Waals surface area contributed by atoms with Gasteiger partial charge in [0.2, 0.25) is 0 Å². The molecule has 7 heteroatoms. The number of hydrogen-bond donors (Lipinski definition) is 2. The fourth-order valence-electron chi connectivity index (χ4n) is 2.64. The van der Waals surface area contributed by atoms with Crippen LogP contribution in [0, 0.1) is 6.92 Å². The summed E-state index contributed by atoms with van der Waals surface area (Å²) in [5.41, 5.74) is 0.870. The molecule has 22 heavy (non-hydrogen) atoms. The second kappa shape index (κ2) is 5.08. The fourth-order valence-corrected chi connectivity index (χ4v) is 2.64. The molecule has 0 aromatic carbocycles. The van der Waals surface area contributed by atoms with Crippen LogP contribution in [0.25, 0.3) is 0 Å². The summed E-state index contributed by atoms with van der Waals surface area (Å²) in [6.45, 7) is 5.20. The summed E-state index contributed by atoms with van der Waals surface area (Å²) in [5, 5.41) is 6.50. The van der Waals surface area contributed by atoms with E-state index in [0.717, 1.165) is 30.5 Å². The zero-order valence-corrected chi connectivity index (χ0v) is 12.8. The molecule has 0 fully saturated rings. The van der Waals surface area contributed by atoms with Crippen molar-refractivity contribution >= 4 is 5.91 Å². The van der Waals surface area contributed by atoms with Gasteiger partial charge in [0, 0.05) is 5.69 Å². The van der Waals surface area contributed by atoms with Crippen molar-refractivity contribution in [1.29, 1.82) is 0 Å². The quantitative estimate of drug-likeness (QED) is 0.887. The molecule has 1 aliphatic carbocycles. The van der Waals surface area contributed by atoms with Crippen LogP contribution in [0.4, 0.5) is 0 Å². The first-order chi connectivity index (χ1) is 10.4. The molecule has 3 rings (SSSR count). The number of hydrogen-bond acceptors (Lipinski definition) is 5. The van der Waals surface area contributed by atoms with Crippen LogP contribution in [0.2, 0.25) is 0 Å². The monoisotopic (exact) mass is 302 g/mol. The van der Waals surface area contributed by atoms with E-state index in [1.54, 1.807) is 26.8 Å². The van der Waals surface area contributed by atoms with Crippen LogP contribution in [0.3, 0.4) is 0 Å². The van der Waals surface area contributed by atoms with E-state index in [4.69, 9.17) is 4.52 Å². The lowest BCUT2D eigenvalue weighted by atomic mass is 10.0. The second-order valence-corrected chi connectivity index (χ2v) is 6.10. The minimum absolute atomic E-state index is 0.116. The number of aryl methyl sites for hydroxylation is 3. The van der Waals surface area contributed by atoms with Crippen LogP contribution in [-0.4, -0.2) is 21.0 Å². The van der Waals surface area contributed by atoms with Crippen molar-refractivity contribution in [3.8, 4) is 0 Å². The van der Waals surface area contributed by atoms with Gasteiger partial charge >= 0.3 is 0 Å². The maximum absolute atomic E-state index is 12.4. The average molecular weight is 302 g/mol. The number of amides is 1. The van der Waals surface area contributed by atoms with Gasteiger partial charge in [-0.25, -0.2) is 0 Å². The third kappa shape index (κ3) is 2.54. The van der Waals surface area contributed by atoms with Gasteiger partial charge < -0.3 is 14.8 Å². The highest BCUT2D eigenvalue weighted by Gasteiger charge is 2.30. The maximum atomic E-state index is 12.4. The van der Waals surface area contributed by atoms with Crippen molar-refractivity contribution in [2.75, 3.05) is 0 Å². The first-order valence-corrected chi connectivity index (χ1v) is 7.25. The van der Waals surface area contributed by atoms with Crippen LogP contribution < -0.4 is 10.9 Å². The zero-order valence-electron chi connectivity index (χ0n) is 12.8. The van der Waals surface area contributed by atoms with Gasteiger partial charge in [0.05, 0.1) is 0 Å². The molecule has 0 bridgehead atoms. The molecule has 7 nitrogen and oxygen atoms in total. The number of nitrogens with zero attached hydrogens (tertiary/aromatic N) is 2. The topological polar surface area (TPSA) is 101 Å². The molecule has 2 N–H and O–H groups in total. The Labute approximate surface area is 127 Å². The van der Waals surface area contributed by atoms with Crippen LogP contribution in [-0.2, 0) is 18.4 Å². The minimum atomic E-state index is -0.857. The van der Waals surface area contributed by atoms with Gasteiger partial charge in [0.25, 0.3) is 17.4 Å². The number of rotatable bonds is 3. The smallest absolute Gasteiger partial charge is 0.261 e. The minimum Gasteiger partial charge on any atom is -0.338 e. The Morgan fingerprint density at radius 2 is 2.18 bits per heavy atom. The normalized spacial score (nSPS) is 14.0. The lowest BCUT2D eigenvalue weighted by molar-refractivity contribution is 0.0893. The third-order valence-electron chi connectivity index (χ3n) is 3.82. The van der Waals surface area contributed by atoms with Crippen molar-refractivity contribution in [1.82, 2.24) is 20.4 Å². The Hall–Kier alpha value is -2.44. The molecule has 116 valence electrons. The molecule has 2 aromatic rings. The highest BCUT2D eigenvalue weighted by molar-refractivity contribution is 5.94. The lowest BCUT2D eigenvalue weighted by Crippen LogP contribution is -2.43. The van der Waals surface area contributed by atoms with Crippen molar-refractivity contribution < 1.29 is 9.32 Å². The fraction of sp³-hybridized carbons (Fsp3) is 0.467. The molecular formula is C15H18N4O3. The van der Waals surface area contributed by atoms with Crippen LogP contribution in [0.1, 0.15) is 53.6 Å². The molecule has 0 saturated carbocycles. The number of nitrogens with one attached hydrogen (secondary N) is 2. The van der Waals surface area contributed by atoms with Gasteiger partial charge in [-0.05, 0) is 51.7 Å². The first-order valence-electron chi connectivity index (χ1n) is 7.25. The molecule has 1 aliphatic rings. The van der Waals surface area contributed by atoms with Crippen LogP contribution in [0.15, 0.2) is 15.4 Å². The highest BCUT2D eigenvalue weighted by Crippen LogP contribution is 2.21. The number of aromatic nitrogens is 3. The Morgan fingerprint density at radius 3 is 2.86 bits per heavy atom. The van der Waals surface area contributed by atoms with Crippen molar-refractivity contribution in [2.24, 2.45) is 0 Å².